The lowest BCUT2D eigenvalue weighted by molar-refractivity contribution is -0.145. The second-order valence-corrected chi connectivity index (χ2v) is 4.90. The van der Waals surface area contributed by atoms with Crippen LogP contribution in [0.3, 0.4) is 0 Å². The van der Waals surface area contributed by atoms with Gasteiger partial charge in [0.1, 0.15) is 5.75 Å². The first-order valence-corrected chi connectivity index (χ1v) is 6.89. The van der Waals surface area contributed by atoms with E-state index in [-0.39, 0.29) is 5.91 Å². The zero-order valence-corrected chi connectivity index (χ0v) is 11.5. The van der Waals surface area contributed by atoms with Crippen LogP contribution < -0.4 is 10.1 Å². The Labute approximate surface area is 117 Å². The third-order valence-electron chi connectivity index (χ3n) is 3.61. The molecule has 1 fully saturated rings. The van der Waals surface area contributed by atoms with Gasteiger partial charge >= 0.3 is 5.97 Å². The van der Waals surface area contributed by atoms with Gasteiger partial charge in [-0.15, -0.1) is 0 Å². The van der Waals surface area contributed by atoms with E-state index in [1.54, 1.807) is 12.1 Å². The molecular weight excluding hydrogens is 258 g/mol. The van der Waals surface area contributed by atoms with Crippen LogP contribution in [0, 0.1) is 11.8 Å². The zero-order valence-electron chi connectivity index (χ0n) is 11.5. The number of aliphatic carboxylic acids is 1. The number of carboxylic acids is 1. The fourth-order valence-corrected chi connectivity index (χ4v) is 2.65. The van der Waals surface area contributed by atoms with Gasteiger partial charge in [-0.3, -0.25) is 9.59 Å². The molecule has 0 bridgehead atoms. The summed E-state index contributed by atoms with van der Waals surface area (Å²) in [6.07, 6.45) is 1.97. The number of para-hydroxylation sites is 2. The van der Waals surface area contributed by atoms with Crippen LogP contribution >= 0.6 is 0 Å². The molecule has 1 amide bonds. The lowest BCUT2D eigenvalue weighted by Crippen LogP contribution is -2.30. The van der Waals surface area contributed by atoms with Gasteiger partial charge in [-0.05, 0) is 31.9 Å². The first kappa shape index (κ1) is 14.4. The summed E-state index contributed by atoms with van der Waals surface area (Å²) in [7, 11) is 0. The van der Waals surface area contributed by atoms with Crippen molar-refractivity contribution in [1.29, 1.82) is 0 Å². The van der Waals surface area contributed by atoms with Crippen LogP contribution in [0.2, 0.25) is 0 Å². The lowest BCUT2D eigenvalue weighted by atomic mass is 9.95. The van der Waals surface area contributed by atoms with Gasteiger partial charge in [0.05, 0.1) is 24.1 Å². The second-order valence-electron chi connectivity index (χ2n) is 4.90. The minimum atomic E-state index is -0.888. The Kier molecular flexibility index (Phi) is 4.61. The molecule has 0 heterocycles. The Bertz CT molecular complexity index is 500. The van der Waals surface area contributed by atoms with Gasteiger partial charge in [0.2, 0.25) is 5.91 Å². The van der Waals surface area contributed by atoms with Gasteiger partial charge in [-0.2, -0.15) is 0 Å². The normalized spacial score (nSPS) is 21.4. The molecule has 5 heteroatoms. The summed E-state index contributed by atoms with van der Waals surface area (Å²) in [4.78, 5) is 23.4. The Morgan fingerprint density at radius 1 is 1.30 bits per heavy atom. The molecule has 0 aliphatic heterocycles. The number of nitrogens with one attached hydrogen (secondary N) is 1. The predicted molar refractivity (Wildman–Crippen MR) is 74.7 cm³/mol. The molecule has 2 atom stereocenters. The fourth-order valence-electron chi connectivity index (χ4n) is 2.65. The van der Waals surface area contributed by atoms with E-state index in [4.69, 9.17) is 9.84 Å². The topological polar surface area (TPSA) is 75.6 Å². The average molecular weight is 277 g/mol. The maximum atomic E-state index is 12.3. The maximum absolute atomic E-state index is 12.3. The van der Waals surface area contributed by atoms with Crippen LogP contribution in [0.25, 0.3) is 0 Å². The molecule has 108 valence electrons. The first-order valence-electron chi connectivity index (χ1n) is 6.89. The summed E-state index contributed by atoms with van der Waals surface area (Å²) in [5, 5.41) is 11.9. The number of rotatable bonds is 5. The number of ether oxygens (including phenoxy) is 1. The number of amides is 1. The molecule has 2 unspecified atom stereocenters. The number of carbonyl (C=O) groups excluding carboxylic acids is 1. The van der Waals surface area contributed by atoms with E-state index in [1.807, 2.05) is 19.1 Å². The van der Waals surface area contributed by atoms with Gasteiger partial charge in [0, 0.05) is 0 Å². The van der Waals surface area contributed by atoms with Crippen molar-refractivity contribution in [3.05, 3.63) is 24.3 Å². The van der Waals surface area contributed by atoms with E-state index >= 15 is 0 Å². The number of carbonyl (C=O) groups is 2. The summed E-state index contributed by atoms with van der Waals surface area (Å²) in [5.74, 6) is -1.55. The molecule has 1 aliphatic carbocycles. The quantitative estimate of drug-likeness (QED) is 0.867. The molecule has 1 aromatic carbocycles. The van der Waals surface area contributed by atoms with Crippen molar-refractivity contribution < 1.29 is 19.4 Å². The van der Waals surface area contributed by atoms with Crippen molar-refractivity contribution in [2.45, 2.75) is 26.2 Å². The Balaban J connectivity index is 2.10. The SMILES string of the molecule is CCOc1ccccc1NC(=O)C1CCCC1C(=O)O. The Morgan fingerprint density at radius 2 is 2.00 bits per heavy atom. The van der Waals surface area contributed by atoms with Crippen LogP contribution in [-0.2, 0) is 9.59 Å². The Hall–Kier alpha value is -2.04. The van der Waals surface area contributed by atoms with Gasteiger partial charge in [-0.1, -0.05) is 18.6 Å². The standard InChI is InChI=1S/C15H19NO4/c1-2-20-13-9-4-3-8-12(13)16-14(17)10-6-5-7-11(10)15(18)19/h3-4,8-11H,2,5-7H2,1H3,(H,16,17)(H,18,19). The number of benzene rings is 1. The minimum absolute atomic E-state index is 0.234. The van der Waals surface area contributed by atoms with Crippen molar-refractivity contribution in [3.8, 4) is 5.75 Å². The average Bonchev–Trinajstić information content (AvgIpc) is 2.91. The maximum Gasteiger partial charge on any atom is 0.307 e. The number of carboxylic acid groups (broad SMARTS) is 1. The molecule has 20 heavy (non-hydrogen) atoms. The number of hydrogen-bond donors (Lipinski definition) is 2. The molecule has 0 spiro atoms. The molecule has 2 rings (SSSR count). The van der Waals surface area contributed by atoms with E-state index in [0.717, 1.165) is 6.42 Å². The fraction of sp³-hybridized carbons (Fsp3) is 0.467. The summed E-state index contributed by atoms with van der Waals surface area (Å²) < 4.78 is 5.44. The van der Waals surface area contributed by atoms with Crippen LogP contribution in [0.15, 0.2) is 24.3 Å². The smallest absolute Gasteiger partial charge is 0.307 e. The highest BCUT2D eigenvalue weighted by Crippen LogP contribution is 2.34. The largest absolute Gasteiger partial charge is 0.492 e. The van der Waals surface area contributed by atoms with Crippen molar-refractivity contribution >= 4 is 17.6 Å². The zero-order chi connectivity index (χ0) is 14.5. The van der Waals surface area contributed by atoms with Crippen molar-refractivity contribution in [3.63, 3.8) is 0 Å². The molecule has 1 saturated carbocycles. The van der Waals surface area contributed by atoms with Crippen molar-refractivity contribution in [2.24, 2.45) is 11.8 Å². The molecule has 1 aliphatic rings. The highest BCUT2D eigenvalue weighted by Gasteiger charge is 2.37. The monoisotopic (exact) mass is 277 g/mol. The second kappa shape index (κ2) is 6.41. The van der Waals surface area contributed by atoms with E-state index in [1.165, 1.54) is 0 Å². The van der Waals surface area contributed by atoms with Crippen LogP contribution in [0.1, 0.15) is 26.2 Å². The first-order chi connectivity index (χ1) is 9.63. The summed E-state index contributed by atoms with van der Waals surface area (Å²) >= 11 is 0. The molecule has 0 saturated heterocycles. The molecular formula is C15H19NO4. The molecule has 0 aromatic heterocycles. The van der Waals surface area contributed by atoms with E-state index in [0.29, 0.717) is 30.9 Å². The highest BCUT2D eigenvalue weighted by molar-refractivity contribution is 5.96. The van der Waals surface area contributed by atoms with Gasteiger partial charge in [-0.25, -0.2) is 0 Å². The summed E-state index contributed by atoms with van der Waals surface area (Å²) in [6, 6.07) is 7.17. The minimum Gasteiger partial charge on any atom is -0.492 e. The number of hydrogen-bond acceptors (Lipinski definition) is 3. The summed E-state index contributed by atoms with van der Waals surface area (Å²) in [5.41, 5.74) is 0.593. The highest BCUT2D eigenvalue weighted by atomic mass is 16.5. The predicted octanol–water partition coefficient (Wildman–Crippen LogP) is 2.52. The van der Waals surface area contributed by atoms with E-state index in [2.05, 4.69) is 5.32 Å². The summed E-state index contributed by atoms with van der Waals surface area (Å²) in [6.45, 7) is 2.38. The van der Waals surface area contributed by atoms with Gasteiger partial charge < -0.3 is 15.2 Å². The van der Waals surface area contributed by atoms with Crippen molar-refractivity contribution in [2.75, 3.05) is 11.9 Å². The Morgan fingerprint density at radius 3 is 2.70 bits per heavy atom. The molecule has 2 N–H and O–H groups in total. The van der Waals surface area contributed by atoms with Gasteiger partial charge in [0.15, 0.2) is 0 Å². The lowest BCUT2D eigenvalue weighted by Gasteiger charge is -2.17. The van der Waals surface area contributed by atoms with Crippen LogP contribution in [0.5, 0.6) is 5.75 Å². The molecule has 1 aromatic rings. The van der Waals surface area contributed by atoms with Crippen molar-refractivity contribution in [1.82, 2.24) is 0 Å². The molecule has 5 nitrogen and oxygen atoms in total. The van der Waals surface area contributed by atoms with Crippen LogP contribution in [0.4, 0.5) is 5.69 Å². The third kappa shape index (κ3) is 3.10. The van der Waals surface area contributed by atoms with Gasteiger partial charge in [0.25, 0.3) is 0 Å². The molecule has 0 radical (unpaired) electrons. The van der Waals surface area contributed by atoms with E-state index < -0.39 is 17.8 Å². The number of anilines is 1. The van der Waals surface area contributed by atoms with E-state index in [9.17, 15) is 9.59 Å². The third-order valence-corrected chi connectivity index (χ3v) is 3.61. The van der Waals surface area contributed by atoms with Crippen LogP contribution in [-0.4, -0.2) is 23.6 Å².